The number of hydrogen-bond donors (Lipinski definition) is 3. The first-order valence-electron chi connectivity index (χ1n) is 46.4. The summed E-state index contributed by atoms with van der Waals surface area (Å²) in [5.41, 5.74) is 0. The van der Waals surface area contributed by atoms with Crippen LogP contribution in [0, 0.1) is 17.8 Å². The van der Waals surface area contributed by atoms with Crippen molar-refractivity contribution in [2.24, 2.45) is 17.8 Å². The van der Waals surface area contributed by atoms with E-state index in [2.05, 4.69) is 48.5 Å². The summed E-state index contributed by atoms with van der Waals surface area (Å²) >= 11 is 0. The Balaban J connectivity index is 5.21. The highest BCUT2D eigenvalue weighted by molar-refractivity contribution is 7.47. The van der Waals surface area contributed by atoms with Crippen LogP contribution in [0.1, 0.15) is 479 Å². The minimum absolute atomic E-state index is 0.106. The fraction of sp³-hybridized carbons (Fsp3) is 0.956. The number of hydrogen-bond acceptors (Lipinski definition) is 15. The number of aliphatic hydroxyl groups is 1. The summed E-state index contributed by atoms with van der Waals surface area (Å²) in [6.07, 6.45) is 72.4. The second-order valence-corrected chi connectivity index (χ2v) is 36.2. The van der Waals surface area contributed by atoms with Crippen molar-refractivity contribution in [2.45, 2.75) is 497 Å². The van der Waals surface area contributed by atoms with Crippen molar-refractivity contribution in [1.82, 2.24) is 0 Å². The van der Waals surface area contributed by atoms with E-state index in [1.165, 1.54) is 283 Å². The highest BCUT2D eigenvalue weighted by atomic mass is 31.2. The quantitative estimate of drug-likeness (QED) is 0.0222. The van der Waals surface area contributed by atoms with Crippen LogP contribution >= 0.6 is 15.6 Å². The van der Waals surface area contributed by atoms with Gasteiger partial charge in [-0.2, -0.15) is 0 Å². The molecule has 0 aromatic rings. The molecule has 3 N–H and O–H groups in total. The van der Waals surface area contributed by atoms with Crippen LogP contribution in [0.15, 0.2) is 0 Å². The zero-order chi connectivity index (χ0) is 80.0. The zero-order valence-corrected chi connectivity index (χ0v) is 73.8. The van der Waals surface area contributed by atoms with Crippen molar-refractivity contribution in [3.05, 3.63) is 0 Å². The largest absolute Gasteiger partial charge is 0.472 e. The number of aliphatic hydroxyl groups excluding tert-OH is 1. The number of phosphoric acid groups is 2. The van der Waals surface area contributed by atoms with Gasteiger partial charge in [0, 0.05) is 25.7 Å². The minimum Gasteiger partial charge on any atom is -0.462 e. The van der Waals surface area contributed by atoms with E-state index in [1.54, 1.807) is 0 Å². The third kappa shape index (κ3) is 81.0. The molecule has 0 heterocycles. The third-order valence-electron chi connectivity index (χ3n) is 21.9. The van der Waals surface area contributed by atoms with Crippen molar-refractivity contribution >= 4 is 39.5 Å². The van der Waals surface area contributed by atoms with Crippen LogP contribution in [-0.4, -0.2) is 96.7 Å². The molecule has 0 aromatic carbocycles. The van der Waals surface area contributed by atoms with E-state index in [-0.39, 0.29) is 25.7 Å². The number of rotatable bonds is 88. The van der Waals surface area contributed by atoms with Crippen LogP contribution in [0.3, 0.4) is 0 Å². The molecule has 0 aliphatic rings. The summed E-state index contributed by atoms with van der Waals surface area (Å²) in [7, 11) is -9.93. The van der Waals surface area contributed by atoms with Gasteiger partial charge in [0.25, 0.3) is 0 Å². The second-order valence-electron chi connectivity index (χ2n) is 33.3. The summed E-state index contributed by atoms with van der Waals surface area (Å²) in [5.74, 6) is 0.275. The van der Waals surface area contributed by atoms with E-state index >= 15 is 0 Å². The maximum Gasteiger partial charge on any atom is 0.472 e. The van der Waals surface area contributed by atoms with Crippen molar-refractivity contribution in [3.63, 3.8) is 0 Å². The highest BCUT2D eigenvalue weighted by Crippen LogP contribution is 2.45. The average Bonchev–Trinajstić information content (AvgIpc) is 0.897. The Morgan fingerprint density at radius 2 is 0.468 bits per heavy atom. The van der Waals surface area contributed by atoms with E-state index in [4.69, 9.17) is 37.0 Å². The van der Waals surface area contributed by atoms with Gasteiger partial charge in [-0.1, -0.05) is 427 Å². The Hall–Kier alpha value is -1.94. The first kappa shape index (κ1) is 107. The summed E-state index contributed by atoms with van der Waals surface area (Å²) in [5, 5.41) is 10.7. The van der Waals surface area contributed by atoms with E-state index in [1.807, 2.05) is 0 Å². The number of unbranched alkanes of at least 4 members (excludes halogenated alkanes) is 54. The van der Waals surface area contributed by atoms with Crippen LogP contribution in [0.2, 0.25) is 0 Å². The third-order valence-corrected chi connectivity index (χ3v) is 23.8. The molecule has 19 heteroatoms. The van der Waals surface area contributed by atoms with Crippen molar-refractivity contribution < 1.29 is 80.2 Å². The van der Waals surface area contributed by atoms with Crippen LogP contribution in [-0.2, 0) is 65.4 Å². The zero-order valence-electron chi connectivity index (χ0n) is 72.0. The molecule has 648 valence electrons. The molecule has 0 fully saturated rings. The summed E-state index contributed by atoms with van der Waals surface area (Å²) in [6, 6.07) is 0. The lowest BCUT2D eigenvalue weighted by molar-refractivity contribution is -0.161. The first-order valence-corrected chi connectivity index (χ1v) is 49.4. The molecule has 0 saturated carbocycles. The lowest BCUT2D eigenvalue weighted by atomic mass is 9.99. The van der Waals surface area contributed by atoms with Gasteiger partial charge in [0.1, 0.15) is 19.3 Å². The second kappa shape index (κ2) is 79.9. The van der Waals surface area contributed by atoms with Crippen molar-refractivity contribution in [2.75, 3.05) is 39.6 Å². The molecular formula is C90H176O17P2. The molecule has 0 aliphatic carbocycles. The number of esters is 4. The van der Waals surface area contributed by atoms with Gasteiger partial charge in [-0.3, -0.25) is 37.3 Å². The fourth-order valence-electron chi connectivity index (χ4n) is 14.0. The molecular weight excluding hydrogens is 1410 g/mol. The van der Waals surface area contributed by atoms with E-state index in [0.29, 0.717) is 25.7 Å². The van der Waals surface area contributed by atoms with Gasteiger partial charge >= 0.3 is 39.5 Å². The molecule has 0 saturated heterocycles. The van der Waals surface area contributed by atoms with Crippen LogP contribution in [0.4, 0.5) is 0 Å². The SMILES string of the molecule is CCCCCCCCCCCCCCCCCCCCCCCCC(=O)OC[C@H](COP(=O)(O)OC[C@@H](O)COP(=O)(O)OC[C@@H](COC(=O)CCCCCCCCC(C)CC)OC(=O)CCCCCCCCCCCCCCC(C)C)OC(=O)CCCCCCCCCCCCCCCCCCCCC(C)CC. The Morgan fingerprint density at radius 1 is 0.266 bits per heavy atom. The standard InChI is InChI=1S/C90H176O17P2/c1-8-11-12-13-14-15-16-17-18-19-20-21-22-23-27-30-33-39-44-49-57-64-71-87(92)100-77-85(106-89(94)73-66-59-50-45-40-34-31-28-25-24-26-29-32-38-43-48-55-62-69-82(6)9-2)79-104-108(96,97)102-75-84(91)76-103-109(98,99)105-80-86(78-101-88(93)72-65-58-53-52-56-63-70-83(7)10-3)107-90(95)74-67-60-51-46-41-36-35-37-42-47-54-61-68-81(4)5/h81-86,91H,8-80H2,1-7H3,(H,96,97)(H,98,99)/t82?,83?,84-,85-,86-/m1/s1. The normalized spacial score (nSPS) is 14.3. The molecule has 0 amide bonds. The van der Waals surface area contributed by atoms with Crippen molar-refractivity contribution in [3.8, 4) is 0 Å². The molecule has 0 bridgehead atoms. The Labute approximate surface area is 670 Å². The van der Waals surface area contributed by atoms with Crippen molar-refractivity contribution in [1.29, 1.82) is 0 Å². The summed E-state index contributed by atoms with van der Waals surface area (Å²) in [6.45, 7) is 12.0. The minimum atomic E-state index is -4.97. The molecule has 0 aliphatic heterocycles. The van der Waals surface area contributed by atoms with Gasteiger partial charge < -0.3 is 33.8 Å². The fourth-order valence-corrected chi connectivity index (χ4v) is 15.6. The van der Waals surface area contributed by atoms with E-state index < -0.39 is 97.5 Å². The molecule has 4 unspecified atom stereocenters. The summed E-state index contributed by atoms with van der Waals surface area (Å²) < 4.78 is 69.0. The Bertz CT molecular complexity index is 2100. The molecule has 0 aromatic heterocycles. The number of carbonyl (C=O) groups excluding carboxylic acids is 4. The van der Waals surface area contributed by atoms with Crippen LogP contribution < -0.4 is 0 Å². The number of phosphoric ester groups is 2. The Kier molecular flexibility index (Phi) is 78.5. The maximum atomic E-state index is 13.2. The van der Waals surface area contributed by atoms with Crippen LogP contribution in [0.25, 0.3) is 0 Å². The molecule has 7 atom stereocenters. The smallest absolute Gasteiger partial charge is 0.462 e. The predicted molar refractivity (Wildman–Crippen MR) is 451 cm³/mol. The van der Waals surface area contributed by atoms with Gasteiger partial charge in [0.2, 0.25) is 0 Å². The first-order chi connectivity index (χ1) is 52.8. The lowest BCUT2D eigenvalue weighted by Gasteiger charge is -2.21. The molecule has 0 radical (unpaired) electrons. The van der Waals surface area contributed by atoms with Gasteiger partial charge in [-0.25, -0.2) is 9.13 Å². The topological polar surface area (TPSA) is 237 Å². The number of carbonyl (C=O) groups is 4. The molecule has 109 heavy (non-hydrogen) atoms. The van der Waals surface area contributed by atoms with Gasteiger partial charge in [-0.15, -0.1) is 0 Å². The molecule has 0 spiro atoms. The predicted octanol–water partition coefficient (Wildman–Crippen LogP) is 27.6. The monoisotopic (exact) mass is 1590 g/mol. The molecule has 0 rings (SSSR count). The van der Waals surface area contributed by atoms with Crippen LogP contribution in [0.5, 0.6) is 0 Å². The van der Waals surface area contributed by atoms with E-state index in [9.17, 15) is 43.2 Å². The lowest BCUT2D eigenvalue weighted by Crippen LogP contribution is -2.30. The average molecular weight is 1590 g/mol. The molecule has 17 nitrogen and oxygen atoms in total. The Morgan fingerprint density at radius 3 is 0.697 bits per heavy atom. The van der Waals surface area contributed by atoms with Gasteiger partial charge in [0.15, 0.2) is 12.2 Å². The number of ether oxygens (including phenoxy) is 4. The van der Waals surface area contributed by atoms with E-state index in [0.717, 1.165) is 114 Å². The van der Waals surface area contributed by atoms with Gasteiger partial charge in [-0.05, 0) is 43.4 Å². The van der Waals surface area contributed by atoms with Gasteiger partial charge in [0.05, 0.1) is 26.4 Å². The highest BCUT2D eigenvalue weighted by Gasteiger charge is 2.31. The maximum absolute atomic E-state index is 13.2. The summed E-state index contributed by atoms with van der Waals surface area (Å²) in [4.78, 5) is 73.3.